The lowest BCUT2D eigenvalue weighted by Crippen LogP contribution is -2.22. The highest BCUT2D eigenvalue weighted by Gasteiger charge is 2.23. The standard InChI is InChI=1S/C35H30N4O2/c1-41-35(40)29-19-11-14-26(22-29)23-38-24-37-34-31(33(38)36)30(27-15-7-3-8-16-27)32(28-17-9-4-10-18-28)39(34)21-20-25-12-5-2-6-13-25/h2-19,22,24,36H,20-21,23H2,1H3. The van der Waals surface area contributed by atoms with Crippen molar-refractivity contribution in [3.63, 3.8) is 0 Å². The van der Waals surface area contributed by atoms with Crippen LogP contribution in [0.25, 0.3) is 33.4 Å². The molecule has 6 rings (SSSR count). The molecule has 2 heterocycles. The molecule has 0 amide bonds. The molecule has 6 heteroatoms. The highest BCUT2D eigenvalue weighted by atomic mass is 16.5. The smallest absolute Gasteiger partial charge is 0.337 e. The largest absolute Gasteiger partial charge is 0.465 e. The van der Waals surface area contributed by atoms with E-state index in [0.29, 0.717) is 17.6 Å². The second kappa shape index (κ2) is 11.5. The topological polar surface area (TPSA) is 72.9 Å². The summed E-state index contributed by atoms with van der Waals surface area (Å²) < 4.78 is 9.00. The second-order valence-electron chi connectivity index (χ2n) is 9.95. The molecule has 0 atom stereocenters. The molecule has 0 fully saturated rings. The van der Waals surface area contributed by atoms with Crippen molar-refractivity contribution in [2.75, 3.05) is 7.11 Å². The van der Waals surface area contributed by atoms with Gasteiger partial charge in [-0.05, 0) is 40.8 Å². The monoisotopic (exact) mass is 538 g/mol. The Labute approximate surface area is 238 Å². The van der Waals surface area contributed by atoms with Crippen molar-refractivity contribution in [1.29, 1.82) is 5.41 Å². The number of esters is 1. The molecule has 0 saturated heterocycles. The highest BCUT2D eigenvalue weighted by Crippen LogP contribution is 2.39. The summed E-state index contributed by atoms with van der Waals surface area (Å²) in [5, 5.41) is 10.2. The van der Waals surface area contributed by atoms with Gasteiger partial charge in [0.05, 0.1) is 36.6 Å². The van der Waals surface area contributed by atoms with E-state index in [0.717, 1.165) is 51.9 Å². The van der Waals surface area contributed by atoms with E-state index in [-0.39, 0.29) is 5.97 Å². The summed E-state index contributed by atoms with van der Waals surface area (Å²) >= 11 is 0. The summed E-state index contributed by atoms with van der Waals surface area (Å²) in [5.74, 6) is -0.383. The predicted molar refractivity (Wildman–Crippen MR) is 161 cm³/mol. The molecule has 0 aliphatic heterocycles. The lowest BCUT2D eigenvalue weighted by molar-refractivity contribution is 0.0600. The summed E-state index contributed by atoms with van der Waals surface area (Å²) in [6.07, 6.45) is 2.57. The lowest BCUT2D eigenvalue weighted by Gasteiger charge is -2.13. The average Bonchev–Trinajstić information content (AvgIpc) is 3.37. The van der Waals surface area contributed by atoms with Crippen molar-refractivity contribution in [2.24, 2.45) is 0 Å². The molecule has 1 N–H and O–H groups in total. The number of nitrogens with zero attached hydrogens (tertiary/aromatic N) is 3. The minimum atomic E-state index is -0.383. The normalized spacial score (nSPS) is 11.0. The van der Waals surface area contributed by atoms with Crippen LogP contribution in [-0.2, 0) is 24.2 Å². The molecule has 202 valence electrons. The molecule has 6 aromatic rings. The van der Waals surface area contributed by atoms with Gasteiger partial charge in [-0.1, -0.05) is 103 Å². The molecule has 0 aliphatic carbocycles. The molecule has 41 heavy (non-hydrogen) atoms. The van der Waals surface area contributed by atoms with Crippen molar-refractivity contribution in [1.82, 2.24) is 14.1 Å². The molecular weight excluding hydrogens is 508 g/mol. The first kappa shape index (κ1) is 26.0. The van der Waals surface area contributed by atoms with Gasteiger partial charge in [-0.3, -0.25) is 5.41 Å². The maximum Gasteiger partial charge on any atom is 0.337 e. The molecule has 2 aromatic heterocycles. The van der Waals surface area contributed by atoms with Crippen molar-refractivity contribution in [2.45, 2.75) is 19.5 Å². The molecule has 0 spiro atoms. The molecule has 0 bridgehead atoms. The number of nitrogens with one attached hydrogen (secondary N) is 1. The van der Waals surface area contributed by atoms with Crippen LogP contribution < -0.4 is 5.49 Å². The Hall–Kier alpha value is -5.23. The predicted octanol–water partition coefficient (Wildman–Crippen LogP) is 6.73. The minimum Gasteiger partial charge on any atom is -0.465 e. The molecule has 0 radical (unpaired) electrons. The second-order valence-corrected chi connectivity index (χ2v) is 9.95. The number of aryl methyl sites for hydroxylation is 2. The minimum absolute atomic E-state index is 0.368. The van der Waals surface area contributed by atoms with Crippen molar-refractivity contribution >= 4 is 17.0 Å². The average molecular weight is 539 g/mol. The first-order valence-corrected chi connectivity index (χ1v) is 13.6. The molecule has 6 nitrogen and oxygen atoms in total. The fraction of sp³-hybridized carbons (Fsp3) is 0.114. The zero-order valence-electron chi connectivity index (χ0n) is 22.8. The Balaban J connectivity index is 1.56. The van der Waals surface area contributed by atoms with E-state index in [4.69, 9.17) is 9.72 Å². The summed E-state index contributed by atoms with van der Waals surface area (Å²) in [6.45, 7) is 1.12. The Morgan fingerprint density at radius 3 is 2.12 bits per heavy atom. The SMILES string of the molecule is COC(=O)c1cccc(Cn2cnc3c(c(-c4ccccc4)c(-c4ccccc4)n3CCc3ccccc3)c2=N)c1. The molecule has 4 aromatic carbocycles. The Morgan fingerprint density at radius 2 is 1.44 bits per heavy atom. The van der Waals surface area contributed by atoms with Crippen LogP contribution in [0.4, 0.5) is 0 Å². The Bertz CT molecular complexity index is 1870. The third-order valence-corrected chi connectivity index (χ3v) is 7.36. The maximum atomic E-state index is 12.1. The van der Waals surface area contributed by atoms with Gasteiger partial charge in [0.1, 0.15) is 11.1 Å². The van der Waals surface area contributed by atoms with Gasteiger partial charge >= 0.3 is 5.97 Å². The number of hydrogen-bond donors (Lipinski definition) is 1. The van der Waals surface area contributed by atoms with Crippen molar-refractivity contribution in [3.05, 3.63) is 144 Å². The zero-order valence-corrected chi connectivity index (χ0v) is 22.8. The van der Waals surface area contributed by atoms with Crippen LogP contribution in [0.3, 0.4) is 0 Å². The number of fused-ring (bicyclic) bond motifs is 1. The number of carbonyl (C=O) groups excluding carboxylic acids is 1. The molecule has 0 saturated carbocycles. The summed E-state index contributed by atoms with van der Waals surface area (Å²) in [7, 11) is 1.38. The molecule has 0 unspecified atom stereocenters. The zero-order chi connectivity index (χ0) is 28.2. The number of hydrogen-bond acceptors (Lipinski definition) is 4. The van der Waals surface area contributed by atoms with Gasteiger partial charge in [0.2, 0.25) is 0 Å². The van der Waals surface area contributed by atoms with Crippen LogP contribution >= 0.6 is 0 Å². The number of aromatic nitrogens is 3. The number of methoxy groups -OCH3 is 1. The van der Waals surface area contributed by atoms with Crippen LogP contribution in [0.1, 0.15) is 21.5 Å². The van der Waals surface area contributed by atoms with Crippen molar-refractivity contribution in [3.8, 4) is 22.4 Å². The van der Waals surface area contributed by atoms with E-state index in [1.165, 1.54) is 12.7 Å². The van der Waals surface area contributed by atoms with Crippen LogP contribution in [-0.4, -0.2) is 27.2 Å². The van der Waals surface area contributed by atoms with Gasteiger partial charge in [-0.25, -0.2) is 9.78 Å². The van der Waals surface area contributed by atoms with E-state index in [1.54, 1.807) is 18.5 Å². The van der Waals surface area contributed by atoms with E-state index >= 15 is 0 Å². The molecule has 0 aliphatic rings. The lowest BCUT2D eigenvalue weighted by atomic mass is 9.99. The van der Waals surface area contributed by atoms with E-state index in [9.17, 15) is 10.2 Å². The third-order valence-electron chi connectivity index (χ3n) is 7.36. The summed E-state index contributed by atoms with van der Waals surface area (Å²) in [5.41, 5.74) is 7.93. The fourth-order valence-corrected chi connectivity index (χ4v) is 5.41. The number of carbonyl (C=O) groups is 1. The number of rotatable bonds is 8. The number of ether oxygens (including phenoxy) is 1. The molecular formula is C35H30N4O2. The highest BCUT2D eigenvalue weighted by molar-refractivity contribution is 6.02. The first-order valence-electron chi connectivity index (χ1n) is 13.6. The van der Waals surface area contributed by atoms with Crippen LogP contribution in [0.15, 0.2) is 122 Å². The van der Waals surface area contributed by atoms with Crippen LogP contribution in [0, 0.1) is 5.41 Å². The maximum absolute atomic E-state index is 12.1. The van der Waals surface area contributed by atoms with E-state index in [2.05, 4.69) is 53.1 Å². The van der Waals surface area contributed by atoms with Gasteiger partial charge in [-0.2, -0.15) is 0 Å². The summed E-state index contributed by atoms with van der Waals surface area (Å²) in [6, 6.07) is 38.4. The van der Waals surface area contributed by atoms with Gasteiger partial charge in [-0.15, -0.1) is 0 Å². The van der Waals surface area contributed by atoms with Crippen molar-refractivity contribution < 1.29 is 9.53 Å². The number of benzene rings is 4. The van der Waals surface area contributed by atoms with E-state index < -0.39 is 0 Å². The fourth-order valence-electron chi connectivity index (χ4n) is 5.41. The van der Waals surface area contributed by atoms with Crippen LogP contribution in [0.2, 0.25) is 0 Å². The van der Waals surface area contributed by atoms with Gasteiger partial charge < -0.3 is 13.9 Å². The van der Waals surface area contributed by atoms with Gasteiger partial charge in [0, 0.05) is 12.1 Å². The van der Waals surface area contributed by atoms with Gasteiger partial charge in [0.25, 0.3) is 0 Å². The van der Waals surface area contributed by atoms with Crippen LogP contribution in [0.5, 0.6) is 0 Å². The van der Waals surface area contributed by atoms with Gasteiger partial charge in [0.15, 0.2) is 0 Å². The Kier molecular flexibility index (Phi) is 7.28. The third kappa shape index (κ3) is 5.20. The Morgan fingerprint density at radius 1 is 0.805 bits per heavy atom. The summed E-state index contributed by atoms with van der Waals surface area (Å²) in [4.78, 5) is 17.1. The quantitative estimate of drug-likeness (QED) is 0.218. The first-order chi connectivity index (χ1) is 20.1. The van der Waals surface area contributed by atoms with E-state index in [1.807, 2.05) is 59.2 Å².